The van der Waals surface area contributed by atoms with E-state index in [0.29, 0.717) is 0 Å². The van der Waals surface area contributed by atoms with Crippen LogP contribution in [-0.4, -0.2) is 40.5 Å². The number of carbonyl (C=O) groups excluding carboxylic acids is 2. The molecule has 2 aromatic carbocycles. The second-order valence-corrected chi connectivity index (χ2v) is 13.4. The molecule has 0 amide bonds. The minimum absolute atomic E-state index is 0.0335. The third-order valence-electron chi connectivity index (χ3n) is 7.44. The first-order chi connectivity index (χ1) is 17.2. The second kappa shape index (κ2) is 9.81. The third kappa shape index (κ3) is 4.91. The normalized spacial score (nSPS) is 19.7. The summed E-state index contributed by atoms with van der Waals surface area (Å²) in [4.78, 5) is 26.4. The highest BCUT2D eigenvalue weighted by Crippen LogP contribution is 2.31. The van der Waals surface area contributed by atoms with Gasteiger partial charge in [-0.05, 0) is 62.1 Å². The third-order valence-corrected chi connectivity index (χ3v) is 10.5. The first-order valence-electron chi connectivity index (χ1n) is 12.6. The number of fused-ring (bicyclic) bond motifs is 2. The topological polar surface area (TPSA) is 126 Å². The summed E-state index contributed by atoms with van der Waals surface area (Å²) >= 11 is 0. The first-order valence-corrected chi connectivity index (χ1v) is 15.5. The Bertz CT molecular complexity index is 1310. The van der Waals surface area contributed by atoms with Crippen molar-refractivity contribution in [3.63, 3.8) is 0 Å². The van der Waals surface area contributed by atoms with Crippen LogP contribution in [0.3, 0.4) is 0 Å². The van der Waals surface area contributed by atoms with Crippen LogP contribution in [0.5, 0.6) is 0 Å². The molecule has 0 bridgehead atoms. The Morgan fingerprint density at radius 3 is 1.28 bits per heavy atom. The zero-order valence-corrected chi connectivity index (χ0v) is 21.6. The number of ketones is 2. The molecular formula is C26H30N2O6S2. The van der Waals surface area contributed by atoms with Crippen molar-refractivity contribution in [2.75, 3.05) is 0 Å². The summed E-state index contributed by atoms with van der Waals surface area (Å²) in [5.41, 5.74) is 0.155. The second-order valence-electron chi connectivity index (χ2n) is 9.99. The van der Waals surface area contributed by atoms with Crippen LogP contribution >= 0.6 is 0 Å². The Labute approximate surface area is 212 Å². The predicted molar refractivity (Wildman–Crippen MR) is 134 cm³/mol. The summed E-state index contributed by atoms with van der Waals surface area (Å²) in [5, 5.41) is 0. The van der Waals surface area contributed by atoms with Gasteiger partial charge in [-0.25, -0.2) is 26.3 Å². The lowest BCUT2D eigenvalue weighted by Crippen LogP contribution is -2.36. The van der Waals surface area contributed by atoms with E-state index in [-0.39, 0.29) is 44.1 Å². The molecule has 0 spiro atoms. The monoisotopic (exact) mass is 530 g/mol. The van der Waals surface area contributed by atoms with E-state index in [4.69, 9.17) is 0 Å². The zero-order chi connectivity index (χ0) is 25.5. The summed E-state index contributed by atoms with van der Waals surface area (Å²) < 4.78 is 57.4. The average Bonchev–Trinajstić information content (AvgIpc) is 2.87. The lowest BCUT2D eigenvalue weighted by molar-refractivity contribution is 0.0978. The van der Waals surface area contributed by atoms with Gasteiger partial charge in [0, 0.05) is 34.3 Å². The Hall–Kier alpha value is -2.40. The first kappa shape index (κ1) is 25.3. The van der Waals surface area contributed by atoms with Crippen LogP contribution in [-0.2, 0) is 20.0 Å². The Morgan fingerprint density at radius 2 is 0.889 bits per heavy atom. The molecule has 0 saturated heterocycles. The van der Waals surface area contributed by atoms with Gasteiger partial charge in [0.2, 0.25) is 20.0 Å². The highest BCUT2D eigenvalue weighted by atomic mass is 32.2. The summed E-state index contributed by atoms with van der Waals surface area (Å²) in [5.74, 6) is -1.00. The minimum Gasteiger partial charge on any atom is -0.289 e. The van der Waals surface area contributed by atoms with Crippen molar-refractivity contribution >= 4 is 31.6 Å². The minimum atomic E-state index is -3.88. The van der Waals surface area contributed by atoms with E-state index in [1.165, 1.54) is 36.4 Å². The molecule has 2 fully saturated rings. The molecule has 2 aromatic rings. The van der Waals surface area contributed by atoms with Crippen LogP contribution in [0.15, 0.2) is 46.2 Å². The van der Waals surface area contributed by atoms with E-state index in [1.54, 1.807) is 0 Å². The molecule has 3 aliphatic carbocycles. The summed E-state index contributed by atoms with van der Waals surface area (Å²) in [6.45, 7) is 0. The number of carbonyl (C=O) groups is 2. The number of benzene rings is 2. The van der Waals surface area contributed by atoms with Crippen molar-refractivity contribution in [2.24, 2.45) is 0 Å². The predicted octanol–water partition coefficient (Wildman–Crippen LogP) is 3.68. The fourth-order valence-electron chi connectivity index (χ4n) is 5.46. The molecule has 0 radical (unpaired) electrons. The van der Waals surface area contributed by atoms with Crippen molar-refractivity contribution < 1.29 is 26.4 Å². The highest BCUT2D eigenvalue weighted by Gasteiger charge is 2.33. The maximum atomic E-state index is 13.4. The SMILES string of the molecule is O=C1c2ccc(S(=O)(=O)NC3CCCCC3)cc2C(=O)c2cc(S(=O)(=O)NC3CCCCC3)ccc21. The van der Waals surface area contributed by atoms with Crippen molar-refractivity contribution in [2.45, 2.75) is 86.1 Å². The molecule has 0 heterocycles. The Kier molecular flexibility index (Phi) is 6.88. The number of sulfonamides is 2. The van der Waals surface area contributed by atoms with Crippen molar-refractivity contribution in [3.05, 3.63) is 58.7 Å². The van der Waals surface area contributed by atoms with E-state index in [0.717, 1.165) is 64.2 Å². The number of hydrogen-bond acceptors (Lipinski definition) is 6. The highest BCUT2D eigenvalue weighted by molar-refractivity contribution is 7.89. The van der Waals surface area contributed by atoms with E-state index >= 15 is 0 Å². The van der Waals surface area contributed by atoms with Gasteiger partial charge < -0.3 is 0 Å². The Balaban J connectivity index is 1.45. The quantitative estimate of drug-likeness (QED) is 0.501. The zero-order valence-electron chi connectivity index (χ0n) is 20.0. The number of hydrogen-bond donors (Lipinski definition) is 2. The Morgan fingerprint density at radius 1 is 0.528 bits per heavy atom. The number of nitrogens with one attached hydrogen (secondary N) is 2. The summed E-state index contributed by atoms with van der Waals surface area (Å²) in [7, 11) is -7.76. The molecule has 2 N–H and O–H groups in total. The summed E-state index contributed by atoms with van der Waals surface area (Å²) in [6, 6.07) is 7.56. The molecule has 8 nitrogen and oxygen atoms in total. The lowest BCUT2D eigenvalue weighted by atomic mass is 9.84. The van der Waals surface area contributed by atoms with Crippen LogP contribution < -0.4 is 9.44 Å². The molecule has 2 saturated carbocycles. The largest absolute Gasteiger partial charge is 0.289 e. The molecule has 0 unspecified atom stereocenters. The molecule has 192 valence electrons. The van der Waals surface area contributed by atoms with Crippen molar-refractivity contribution in [1.29, 1.82) is 0 Å². The van der Waals surface area contributed by atoms with Gasteiger partial charge in [0.05, 0.1) is 9.79 Å². The number of rotatable bonds is 6. The fraction of sp³-hybridized carbons (Fsp3) is 0.462. The van der Waals surface area contributed by atoms with E-state index < -0.39 is 31.6 Å². The maximum Gasteiger partial charge on any atom is 0.240 e. The summed E-state index contributed by atoms with van der Waals surface area (Å²) in [6.07, 6.45) is 9.07. The molecule has 5 rings (SSSR count). The smallest absolute Gasteiger partial charge is 0.240 e. The molecular weight excluding hydrogens is 500 g/mol. The van der Waals surface area contributed by atoms with E-state index in [2.05, 4.69) is 9.44 Å². The van der Waals surface area contributed by atoms with Gasteiger partial charge in [-0.15, -0.1) is 0 Å². The van der Waals surface area contributed by atoms with Crippen LogP contribution in [0.2, 0.25) is 0 Å². The van der Waals surface area contributed by atoms with E-state index in [1.807, 2.05) is 0 Å². The lowest BCUT2D eigenvalue weighted by Gasteiger charge is -2.24. The molecule has 0 aliphatic heterocycles. The van der Waals surface area contributed by atoms with Gasteiger partial charge in [-0.3, -0.25) is 9.59 Å². The standard InChI is InChI=1S/C26H30N2O6S2/c29-25-21-13-11-19(35(31,32)27-17-7-3-1-4-8-17)15-23(21)26(30)24-16-20(12-14-22(24)25)36(33,34)28-18-9-5-2-6-10-18/h11-18,27-28H,1-10H2. The van der Waals surface area contributed by atoms with E-state index in [9.17, 15) is 26.4 Å². The maximum absolute atomic E-state index is 13.4. The van der Waals surface area contributed by atoms with Gasteiger partial charge in [0.15, 0.2) is 11.6 Å². The van der Waals surface area contributed by atoms with Crippen LogP contribution in [0.1, 0.15) is 96.1 Å². The average molecular weight is 531 g/mol. The van der Waals surface area contributed by atoms with Gasteiger partial charge in [-0.2, -0.15) is 0 Å². The van der Waals surface area contributed by atoms with Gasteiger partial charge in [0.1, 0.15) is 0 Å². The molecule has 0 atom stereocenters. The molecule has 36 heavy (non-hydrogen) atoms. The van der Waals surface area contributed by atoms with Gasteiger partial charge >= 0.3 is 0 Å². The van der Waals surface area contributed by atoms with Crippen LogP contribution in [0, 0.1) is 0 Å². The molecule has 10 heteroatoms. The molecule has 3 aliphatic rings. The van der Waals surface area contributed by atoms with Gasteiger partial charge in [0.25, 0.3) is 0 Å². The van der Waals surface area contributed by atoms with Crippen molar-refractivity contribution in [3.8, 4) is 0 Å². The van der Waals surface area contributed by atoms with Gasteiger partial charge in [-0.1, -0.05) is 38.5 Å². The molecule has 0 aromatic heterocycles. The van der Waals surface area contributed by atoms with Crippen LogP contribution in [0.4, 0.5) is 0 Å². The van der Waals surface area contributed by atoms with Crippen molar-refractivity contribution in [1.82, 2.24) is 9.44 Å². The fourth-order valence-corrected chi connectivity index (χ4v) is 8.12. The van der Waals surface area contributed by atoms with Crippen LogP contribution in [0.25, 0.3) is 0 Å².